The minimum Gasteiger partial charge on any atom is -0.508 e. The Balaban J connectivity index is 2.15. The predicted octanol–water partition coefficient (Wildman–Crippen LogP) is 2.58. The van der Waals surface area contributed by atoms with Gasteiger partial charge in [-0.1, -0.05) is 22.0 Å². The van der Waals surface area contributed by atoms with Crippen LogP contribution in [0.25, 0.3) is 0 Å². The van der Waals surface area contributed by atoms with Gasteiger partial charge in [0.15, 0.2) is 0 Å². The largest absolute Gasteiger partial charge is 0.508 e. The Morgan fingerprint density at radius 1 is 1.38 bits per heavy atom. The summed E-state index contributed by atoms with van der Waals surface area (Å²) in [6.07, 6.45) is 1.94. The third-order valence-electron chi connectivity index (χ3n) is 3.13. The number of halogens is 1. The highest BCUT2D eigenvalue weighted by atomic mass is 79.9. The predicted molar refractivity (Wildman–Crippen MR) is 66.3 cm³/mol. The van der Waals surface area contributed by atoms with E-state index in [0.29, 0.717) is 5.92 Å². The molecule has 0 bridgehead atoms. The van der Waals surface area contributed by atoms with Crippen LogP contribution in [0.4, 0.5) is 0 Å². The zero-order valence-electron chi connectivity index (χ0n) is 9.03. The summed E-state index contributed by atoms with van der Waals surface area (Å²) < 4.78 is 6.18. The Kier molecular flexibility index (Phi) is 3.84. The van der Waals surface area contributed by atoms with Crippen molar-refractivity contribution in [3.05, 3.63) is 28.2 Å². The minimum absolute atomic E-state index is 0.100. The van der Waals surface area contributed by atoms with Gasteiger partial charge in [-0.15, -0.1) is 0 Å². The molecule has 16 heavy (non-hydrogen) atoms. The van der Waals surface area contributed by atoms with Crippen LogP contribution < -0.4 is 5.73 Å². The van der Waals surface area contributed by atoms with Crippen molar-refractivity contribution in [2.75, 3.05) is 13.2 Å². The molecule has 88 valence electrons. The lowest BCUT2D eigenvalue weighted by Gasteiger charge is -2.28. The number of phenolic OH excluding ortho intramolecular Hbond substituents is 1. The zero-order valence-corrected chi connectivity index (χ0v) is 10.6. The molecule has 1 saturated heterocycles. The van der Waals surface area contributed by atoms with E-state index in [2.05, 4.69) is 15.9 Å². The first-order valence-electron chi connectivity index (χ1n) is 5.50. The van der Waals surface area contributed by atoms with Gasteiger partial charge in [0.2, 0.25) is 0 Å². The molecule has 2 rings (SSSR count). The normalized spacial score (nSPS) is 19.6. The molecule has 0 radical (unpaired) electrons. The molecule has 0 amide bonds. The molecule has 1 aromatic rings. The van der Waals surface area contributed by atoms with Crippen LogP contribution in [0.5, 0.6) is 5.75 Å². The van der Waals surface area contributed by atoms with Crippen LogP contribution in [-0.2, 0) is 4.74 Å². The lowest BCUT2D eigenvalue weighted by atomic mass is 9.87. The van der Waals surface area contributed by atoms with Gasteiger partial charge < -0.3 is 15.6 Å². The summed E-state index contributed by atoms with van der Waals surface area (Å²) in [6, 6.07) is 5.39. The van der Waals surface area contributed by atoms with Crippen LogP contribution in [-0.4, -0.2) is 18.3 Å². The number of rotatable bonds is 2. The molecule has 3 N–H and O–H groups in total. The molecular weight excluding hydrogens is 270 g/mol. The van der Waals surface area contributed by atoms with Crippen LogP contribution in [0.3, 0.4) is 0 Å². The molecule has 0 aromatic heterocycles. The minimum atomic E-state index is -0.100. The lowest BCUT2D eigenvalue weighted by molar-refractivity contribution is 0.0581. The number of benzene rings is 1. The first-order valence-corrected chi connectivity index (χ1v) is 6.29. The van der Waals surface area contributed by atoms with Gasteiger partial charge in [0.1, 0.15) is 5.75 Å². The monoisotopic (exact) mass is 285 g/mol. The molecule has 1 heterocycles. The Hall–Kier alpha value is -0.580. The van der Waals surface area contributed by atoms with Crippen molar-refractivity contribution in [3.8, 4) is 5.75 Å². The number of hydrogen-bond acceptors (Lipinski definition) is 3. The Morgan fingerprint density at radius 2 is 2.06 bits per heavy atom. The summed E-state index contributed by atoms with van der Waals surface area (Å²) in [7, 11) is 0. The van der Waals surface area contributed by atoms with E-state index in [9.17, 15) is 5.11 Å². The van der Waals surface area contributed by atoms with Gasteiger partial charge in [0, 0.05) is 29.3 Å². The second-order valence-corrected chi connectivity index (χ2v) is 5.09. The highest BCUT2D eigenvalue weighted by Crippen LogP contribution is 2.34. The van der Waals surface area contributed by atoms with Gasteiger partial charge in [0.05, 0.1) is 0 Å². The number of nitrogens with two attached hydrogens (primary N) is 1. The van der Waals surface area contributed by atoms with Crippen LogP contribution >= 0.6 is 15.9 Å². The molecule has 0 spiro atoms. The van der Waals surface area contributed by atoms with Gasteiger partial charge in [-0.05, 0) is 30.9 Å². The van der Waals surface area contributed by atoms with Gasteiger partial charge >= 0.3 is 0 Å². The number of aromatic hydroxyl groups is 1. The first-order chi connectivity index (χ1) is 7.68. The summed E-state index contributed by atoms with van der Waals surface area (Å²) >= 11 is 3.32. The quantitative estimate of drug-likeness (QED) is 0.878. The van der Waals surface area contributed by atoms with Crippen molar-refractivity contribution in [2.24, 2.45) is 11.7 Å². The van der Waals surface area contributed by atoms with E-state index < -0.39 is 0 Å². The van der Waals surface area contributed by atoms with Crippen LogP contribution in [0.2, 0.25) is 0 Å². The van der Waals surface area contributed by atoms with Crippen LogP contribution in [0.1, 0.15) is 24.4 Å². The SMILES string of the molecule is N[C@@H](c1ccc(Br)cc1O)C1CCOCC1. The van der Waals surface area contributed by atoms with Crippen molar-refractivity contribution in [1.82, 2.24) is 0 Å². The maximum atomic E-state index is 9.85. The third-order valence-corrected chi connectivity index (χ3v) is 3.62. The standard InChI is InChI=1S/C12H16BrNO2/c13-9-1-2-10(11(15)7-9)12(14)8-3-5-16-6-4-8/h1-2,7-8,12,15H,3-6,14H2/t12-/m1/s1. The fourth-order valence-corrected chi connectivity index (χ4v) is 2.48. The maximum Gasteiger partial charge on any atom is 0.121 e. The average Bonchev–Trinajstić information content (AvgIpc) is 2.29. The summed E-state index contributed by atoms with van der Waals surface area (Å²) in [6.45, 7) is 1.55. The van der Waals surface area contributed by atoms with Gasteiger partial charge in [-0.3, -0.25) is 0 Å². The third kappa shape index (κ3) is 2.56. The second kappa shape index (κ2) is 5.17. The van der Waals surface area contributed by atoms with E-state index in [0.717, 1.165) is 36.1 Å². The number of ether oxygens (including phenoxy) is 1. The lowest BCUT2D eigenvalue weighted by Crippen LogP contribution is -2.27. The van der Waals surface area contributed by atoms with E-state index >= 15 is 0 Å². The zero-order chi connectivity index (χ0) is 11.5. The van der Waals surface area contributed by atoms with E-state index in [-0.39, 0.29) is 11.8 Å². The topological polar surface area (TPSA) is 55.5 Å². The smallest absolute Gasteiger partial charge is 0.121 e. The average molecular weight is 286 g/mol. The van der Waals surface area contributed by atoms with Gasteiger partial charge in [0.25, 0.3) is 0 Å². The second-order valence-electron chi connectivity index (χ2n) is 4.18. The molecule has 0 aliphatic carbocycles. The summed E-state index contributed by atoms with van der Waals surface area (Å²) in [5.41, 5.74) is 7.02. The van der Waals surface area contributed by atoms with E-state index in [4.69, 9.17) is 10.5 Å². The van der Waals surface area contributed by atoms with Crippen molar-refractivity contribution < 1.29 is 9.84 Å². The van der Waals surface area contributed by atoms with Crippen molar-refractivity contribution in [2.45, 2.75) is 18.9 Å². The number of phenols is 1. The van der Waals surface area contributed by atoms with Gasteiger partial charge in [-0.2, -0.15) is 0 Å². The summed E-state index contributed by atoms with van der Waals surface area (Å²) in [5.74, 6) is 0.675. The molecule has 1 aliphatic heterocycles. The molecule has 1 atom stereocenters. The fraction of sp³-hybridized carbons (Fsp3) is 0.500. The first kappa shape index (κ1) is 11.9. The maximum absolute atomic E-state index is 9.85. The molecule has 4 heteroatoms. The Labute approximate surface area is 104 Å². The van der Waals surface area contributed by atoms with Crippen molar-refractivity contribution >= 4 is 15.9 Å². The van der Waals surface area contributed by atoms with Crippen molar-refractivity contribution in [3.63, 3.8) is 0 Å². The fourth-order valence-electron chi connectivity index (χ4n) is 2.13. The molecule has 0 saturated carbocycles. The molecule has 1 aromatic carbocycles. The van der Waals surface area contributed by atoms with Gasteiger partial charge in [-0.25, -0.2) is 0 Å². The van der Waals surface area contributed by atoms with E-state index in [1.165, 1.54) is 0 Å². The van der Waals surface area contributed by atoms with E-state index in [1.54, 1.807) is 6.07 Å². The van der Waals surface area contributed by atoms with Crippen molar-refractivity contribution in [1.29, 1.82) is 0 Å². The molecule has 1 fully saturated rings. The number of hydrogen-bond donors (Lipinski definition) is 2. The van der Waals surface area contributed by atoms with Crippen LogP contribution in [0, 0.1) is 5.92 Å². The van der Waals surface area contributed by atoms with E-state index in [1.807, 2.05) is 12.1 Å². The molecular formula is C12H16BrNO2. The molecule has 3 nitrogen and oxygen atoms in total. The molecule has 1 aliphatic rings. The summed E-state index contributed by atoms with van der Waals surface area (Å²) in [4.78, 5) is 0. The Bertz CT molecular complexity index is 364. The van der Waals surface area contributed by atoms with Crippen LogP contribution in [0.15, 0.2) is 22.7 Å². The highest BCUT2D eigenvalue weighted by Gasteiger charge is 2.24. The molecule has 0 unspecified atom stereocenters. The Morgan fingerprint density at radius 3 is 2.69 bits per heavy atom. The summed E-state index contributed by atoms with van der Waals surface area (Å²) in [5, 5.41) is 9.85. The highest BCUT2D eigenvalue weighted by molar-refractivity contribution is 9.10.